The number of esters is 1. The van der Waals surface area contributed by atoms with Crippen LogP contribution in [0.1, 0.15) is 38.3 Å². The fraction of sp³-hybridized carbons (Fsp3) is 0.115. The molecule has 3 aromatic carbocycles. The van der Waals surface area contributed by atoms with Crippen molar-refractivity contribution in [2.75, 3.05) is 5.73 Å². The maximum atomic E-state index is 13.0. The lowest BCUT2D eigenvalue weighted by atomic mass is 10.1. The van der Waals surface area contributed by atoms with Gasteiger partial charge in [0.2, 0.25) is 0 Å². The number of benzene rings is 3. The predicted octanol–water partition coefficient (Wildman–Crippen LogP) is 4.08. The summed E-state index contributed by atoms with van der Waals surface area (Å²) in [6.45, 7) is 0.0503. The molecule has 1 aliphatic rings. The van der Waals surface area contributed by atoms with Gasteiger partial charge in [-0.05, 0) is 35.7 Å². The zero-order valence-corrected chi connectivity index (χ0v) is 17.3. The molecule has 1 heterocycles. The lowest BCUT2D eigenvalue weighted by molar-refractivity contribution is -0.149. The van der Waals surface area contributed by atoms with Gasteiger partial charge in [-0.2, -0.15) is 0 Å². The topological polar surface area (TPSA) is 89.7 Å². The van der Waals surface area contributed by atoms with E-state index in [9.17, 15) is 14.4 Å². The number of nitrogen functional groups attached to an aromatic ring is 1. The second-order valence-electron chi connectivity index (χ2n) is 7.40. The Morgan fingerprint density at radius 1 is 0.875 bits per heavy atom. The number of hydrogen-bond acceptors (Lipinski definition) is 5. The van der Waals surface area contributed by atoms with E-state index in [0.29, 0.717) is 5.69 Å². The van der Waals surface area contributed by atoms with Crippen LogP contribution in [-0.2, 0) is 16.1 Å². The molecule has 2 N–H and O–H groups in total. The van der Waals surface area contributed by atoms with Gasteiger partial charge < -0.3 is 10.5 Å². The summed E-state index contributed by atoms with van der Waals surface area (Å²) < 4.78 is 5.48. The minimum absolute atomic E-state index is 0.0503. The highest BCUT2D eigenvalue weighted by molar-refractivity contribution is 6.22. The van der Waals surface area contributed by atoms with Crippen molar-refractivity contribution in [2.45, 2.75) is 19.1 Å². The molecular formula is C26H22N2O4. The molecule has 1 unspecified atom stereocenters. The van der Waals surface area contributed by atoms with E-state index in [1.54, 1.807) is 42.5 Å². The number of nitrogens with zero attached hydrogens (tertiary/aromatic N) is 1. The van der Waals surface area contributed by atoms with Crippen molar-refractivity contribution in [3.05, 3.63) is 107 Å². The zero-order valence-electron chi connectivity index (χ0n) is 17.3. The van der Waals surface area contributed by atoms with Gasteiger partial charge in [0.05, 0.1) is 11.1 Å². The van der Waals surface area contributed by atoms with Crippen LogP contribution in [0.5, 0.6) is 0 Å². The zero-order chi connectivity index (χ0) is 22.5. The number of carbonyl (C=O) groups excluding carboxylic acids is 3. The molecule has 1 atom stereocenters. The molecule has 0 aromatic heterocycles. The van der Waals surface area contributed by atoms with Gasteiger partial charge in [-0.25, -0.2) is 4.79 Å². The SMILES string of the molecule is Nc1ccccc1/C=C/CC(C(=O)OCc1ccccc1)N1C(=O)c2ccccc2C1=O. The first-order valence-corrected chi connectivity index (χ1v) is 10.2. The van der Waals surface area contributed by atoms with E-state index in [4.69, 9.17) is 10.5 Å². The largest absolute Gasteiger partial charge is 0.459 e. The third-order valence-corrected chi connectivity index (χ3v) is 5.29. The maximum absolute atomic E-state index is 13.0. The van der Waals surface area contributed by atoms with Crippen molar-refractivity contribution in [3.8, 4) is 0 Å². The number of nitrogens with two attached hydrogens (primary N) is 1. The minimum Gasteiger partial charge on any atom is -0.459 e. The maximum Gasteiger partial charge on any atom is 0.330 e. The van der Waals surface area contributed by atoms with Gasteiger partial charge in [-0.15, -0.1) is 0 Å². The molecule has 6 heteroatoms. The second-order valence-corrected chi connectivity index (χ2v) is 7.40. The Balaban J connectivity index is 1.58. The third-order valence-electron chi connectivity index (χ3n) is 5.29. The molecule has 6 nitrogen and oxygen atoms in total. The molecular weight excluding hydrogens is 404 g/mol. The normalized spacial score (nSPS) is 13.9. The Morgan fingerprint density at radius 3 is 2.12 bits per heavy atom. The van der Waals surface area contributed by atoms with Gasteiger partial charge in [-0.1, -0.05) is 72.8 Å². The van der Waals surface area contributed by atoms with Crippen LogP contribution in [0, 0.1) is 0 Å². The van der Waals surface area contributed by atoms with E-state index in [0.717, 1.165) is 16.0 Å². The number of carbonyl (C=O) groups is 3. The Bertz CT molecular complexity index is 1150. The first-order valence-electron chi connectivity index (χ1n) is 10.2. The number of fused-ring (bicyclic) bond motifs is 1. The van der Waals surface area contributed by atoms with Gasteiger partial charge in [0.25, 0.3) is 11.8 Å². The molecule has 4 rings (SSSR count). The molecule has 0 radical (unpaired) electrons. The summed E-state index contributed by atoms with van der Waals surface area (Å²) in [5.41, 5.74) is 8.73. The number of anilines is 1. The molecule has 160 valence electrons. The van der Waals surface area contributed by atoms with Crippen molar-refractivity contribution in [1.82, 2.24) is 4.90 Å². The van der Waals surface area contributed by atoms with Crippen LogP contribution in [0.4, 0.5) is 5.69 Å². The van der Waals surface area contributed by atoms with E-state index in [1.807, 2.05) is 48.5 Å². The van der Waals surface area contributed by atoms with Crippen LogP contribution in [-0.4, -0.2) is 28.7 Å². The number of hydrogen-bond donors (Lipinski definition) is 1. The van der Waals surface area contributed by atoms with Gasteiger partial charge in [0, 0.05) is 5.69 Å². The summed E-state index contributed by atoms with van der Waals surface area (Å²) >= 11 is 0. The monoisotopic (exact) mass is 426 g/mol. The minimum atomic E-state index is -1.09. The van der Waals surface area contributed by atoms with E-state index >= 15 is 0 Å². The van der Waals surface area contributed by atoms with E-state index < -0.39 is 23.8 Å². The Morgan fingerprint density at radius 2 is 1.47 bits per heavy atom. The number of ether oxygens (including phenoxy) is 1. The van der Waals surface area contributed by atoms with Crippen molar-refractivity contribution in [3.63, 3.8) is 0 Å². The Labute approximate surface area is 185 Å². The van der Waals surface area contributed by atoms with Crippen LogP contribution in [0.15, 0.2) is 84.9 Å². The number of imide groups is 1. The standard InChI is InChI=1S/C26H22N2O4/c27-22-15-7-4-11-19(22)12-8-16-23(26(31)32-17-18-9-2-1-3-10-18)28-24(29)20-13-5-6-14-21(20)25(28)30/h1-15,23H,16-17,27H2/b12-8+. The first kappa shape index (κ1) is 21.1. The van der Waals surface area contributed by atoms with Gasteiger partial charge >= 0.3 is 5.97 Å². The number of rotatable bonds is 7. The van der Waals surface area contributed by atoms with E-state index in [-0.39, 0.29) is 24.2 Å². The molecule has 0 saturated carbocycles. The quantitative estimate of drug-likeness (QED) is 0.349. The molecule has 0 saturated heterocycles. The van der Waals surface area contributed by atoms with Crippen LogP contribution in [0.25, 0.3) is 6.08 Å². The van der Waals surface area contributed by atoms with Gasteiger partial charge in [0.1, 0.15) is 12.6 Å². The third kappa shape index (κ3) is 4.30. The molecule has 0 bridgehead atoms. The highest BCUT2D eigenvalue weighted by Crippen LogP contribution is 2.27. The highest BCUT2D eigenvalue weighted by atomic mass is 16.5. The molecule has 32 heavy (non-hydrogen) atoms. The fourth-order valence-corrected chi connectivity index (χ4v) is 3.61. The number of amides is 2. The van der Waals surface area contributed by atoms with E-state index in [2.05, 4.69) is 0 Å². The van der Waals surface area contributed by atoms with E-state index in [1.165, 1.54) is 0 Å². The average Bonchev–Trinajstić information content (AvgIpc) is 3.07. The van der Waals surface area contributed by atoms with Crippen LogP contribution in [0.2, 0.25) is 0 Å². The molecule has 0 fully saturated rings. The van der Waals surface area contributed by atoms with Crippen molar-refractivity contribution < 1.29 is 19.1 Å². The predicted molar refractivity (Wildman–Crippen MR) is 121 cm³/mol. The average molecular weight is 426 g/mol. The van der Waals surface area contributed by atoms with Crippen molar-refractivity contribution in [1.29, 1.82) is 0 Å². The van der Waals surface area contributed by atoms with Crippen LogP contribution < -0.4 is 5.73 Å². The summed E-state index contributed by atoms with van der Waals surface area (Å²) in [5.74, 6) is -1.64. The molecule has 1 aliphatic heterocycles. The van der Waals surface area contributed by atoms with Gasteiger partial charge in [-0.3, -0.25) is 14.5 Å². The molecule has 0 aliphatic carbocycles. The summed E-state index contributed by atoms with van der Waals surface area (Å²) in [6, 6.07) is 22.0. The summed E-state index contributed by atoms with van der Waals surface area (Å²) in [4.78, 5) is 40.0. The lowest BCUT2D eigenvalue weighted by Crippen LogP contribution is -2.45. The van der Waals surface area contributed by atoms with Crippen molar-refractivity contribution in [2.24, 2.45) is 0 Å². The van der Waals surface area contributed by atoms with Crippen LogP contribution >= 0.6 is 0 Å². The summed E-state index contributed by atoms with van der Waals surface area (Å²) in [7, 11) is 0. The smallest absolute Gasteiger partial charge is 0.330 e. The Hall–Kier alpha value is -4.19. The fourth-order valence-electron chi connectivity index (χ4n) is 3.61. The summed E-state index contributed by atoms with van der Waals surface area (Å²) in [5, 5.41) is 0. The Kier molecular flexibility index (Phi) is 6.12. The lowest BCUT2D eigenvalue weighted by Gasteiger charge is -2.23. The molecule has 2 amide bonds. The first-order chi connectivity index (χ1) is 15.6. The molecule has 0 spiro atoms. The molecule has 3 aromatic rings. The second kappa shape index (κ2) is 9.31. The van der Waals surface area contributed by atoms with Crippen LogP contribution in [0.3, 0.4) is 0 Å². The number of para-hydroxylation sites is 1. The highest BCUT2D eigenvalue weighted by Gasteiger charge is 2.42. The van der Waals surface area contributed by atoms with Crippen molar-refractivity contribution >= 4 is 29.5 Å². The van der Waals surface area contributed by atoms with Gasteiger partial charge in [0.15, 0.2) is 0 Å². The summed E-state index contributed by atoms with van der Waals surface area (Å²) in [6.07, 6.45) is 3.60.